The second-order valence-electron chi connectivity index (χ2n) is 2.14. The number of rotatable bonds is 3. The summed E-state index contributed by atoms with van der Waals surface area (Å²) >= 11 is 3.31. The molecule has 0 saturated heterocycles. The zero-order valence-corrected chi connectivity index (χ0v) is 8.59. The van der Waals surface area contributed by atoms with Crippen LogP contribution in [-0.4, -0.2) is 19.2 Å². The minimum absolute atomic E-state index is 0.602. The topological polar surface area (TPSA) is 31.4 Å². The lowest BCUT2D eigenvalue weighted by molar-refractivity contribution is 0.384. The summed E-state index contributed by atoms with van der Waals surface area (Å²) in [7, 11) is 3.21. The molecule has 0 fully saturated rings. The maximum atomic E-state index is 5.09. The van der Waals surface area contributed by atoms with Crippen LogP contribution in [0.25, 0.3) is 0 Å². The smallest absolute Gasteiger partial charge is 0.213 e. The molecule has 4 heteroatoms. The zero-order valence-electron chi connectivity index (χ0n) is 7.00. The fourth-order valence-electron chi connectivity index (χ4n) is 0.864. The highest BCUT2D eigenvalue weighted by Gasteiger charge is 2.03. The fourth-order valence-corrected chi connectivity index (χ4v) is 1.27. The molecule has 0 atom stereocenters. The highest BCUT2D eigenvalue weighted by atomic mass is 79.9. The number of alkyl halides is 1. The molecule has 0 saturated carbocycles. The summed E-state index contributed by atoms with van der Waals surface area (Å²) < 4.78 is 10.1. The van der Waals surface area contributed by atoms with E-state index in [4.69, 9.17) is 9.47 Å². The third kappa shape index (κ3) is 1.88. The molecule has 0 aliphatic carbocycles. The monoisotopic (exact) mass is 231 g/mol. The molecular formula is C8H10BrNO2. The average molecular weight is 232 g/mol. The van der Waals surface area contributed by atoms with E-state index in [0.717, 1.165) is 11.4 Å². The zero-order chi connectivity index (χ0) is 8.97. The van der Waals surface area contributed by atoms with E-state index in [1.165, 1.54) is 0 Å². The van der Waals surface area contributed by atoms with Crippen LogP contribution in [0.15, 0.2) is 12.1 Å². The largest absolute Gasteiger partial charge is 0.495 e. The SMILES string of the molecule is COc1ccc(OC)c(CBr)n1. The molecule has 3 nitrogen and oxygen atoms in total. The number of ether oxygens (including phenoxy) is 2. The van der Waals surface area contributed by atoms with Crippen LogP contribution >= 0.6 is 15.9 Å². The van der Waals surface area contributed by atoms with E-state index in [2.05, 4.69) is 20.9 Å². The molecule has 0 amide bonds. The van der Waals surface area contributed by atoms with Crippen molar-refractivity contribution in [3.63, 3.8) is 0 Å². The van der Waals surface area contributed by atoms with Gasteiger partial charge in [0.15, 0.2) is 0 Å². The van der Waals surface area contributed by atoms with E-state index in [1.54, 1.807) is 20.3 Å². The van der Waals surface area contributed by atoms with Crippen molar-refractivity contribution in [1.29, 1.82) is 0 Å². The molecule has 1 aromatic heterocycles. The molecule has 1 rings (SSSR count). The standard InChI is InChI=1S/C8H10BrNO2/c1-11-7-3-4-8(12-2)10-6(7)5-9/h3-4H,5H2,1-2H3. The Balaban J connectivity index is 3.02. The average Bonchev–Trinajstić information content (AvgIpc) is 2.16. The van der Waals surface area contributed by atoms with Gasteiger partial charge in [-0.1, -0.05) is 15.9 Å². The molecule has 0 bridgehead atoms. The third-order valence-corrected chi connectivity index (χ3v) is 1.99. The molecule has 12 heavy (non-hydrogen) atoms. The lowest BCUT2D eigenvalue weighted by Gasteiger charge is -2.06. The molecule has 0 unspecified atom stereocenters. The summed E-state index contributed by atoms with van der Waals surface area (Å²) in [5.41, 5.74) is 0.844. The minimum atomic E-state index is 0.602. The van der Waals surface area contributed by atoms with Crippen molar-refractivity contribution in [2.24, 2.45) is 0 Å². The Labute approximate surface area is 79.8 Å². The van der Waals surface area contributed by atoms with Crippen molar-refractivity contribution in [3.05, 3.63) is 17.8 Å². The molecule has 0 aliphatic heterocycles. The Morgan fingerprint density at radius 2 is 2.08 bits per heavy atom. The quantitative estimate of drug-likeness (QED) is 0.747. The van der Waals surface area contributed by atoms with Crippen LogP contribution in [0.1, 0.15) is 5.69 Å². The summed E-state index contributed by atoms with van der Waals surface area (Å²) in [5.74, 6) is 1.37. The van der Waals surface area contributed by atoms with Crippen molar-refractivity contribution in [3.8, 4) is 11.6 Å². The van der Waals surface area contributed by atoms with Gasteiger partial charge in [0.05, 0.1) is 19.9 Å². The number of aromatic nitrogens is 1. The second-order valence-corrected chi connectivity index (χ2v) is 2.70. The Morgan fingerprint density at radius 1 is 1.33 bits per heavy atom. The summed E-state index contributed by atoms with van der Waals surface area (Å²) in [5, 5.41) is 0.660. The number of hydrogen-bond donors (Lipinski definition) is 0. The van der Waals surface area contributed by atoms with Crippen LogP contribution in [0.4, 0.5) is 0 Å². The van der Waals surface area contributed by atoms with Crippen LogP contribution < -0.4 is 9.47 Å². The van der Waals surface area contributed by atoms with Crippen molar-refractivity contribution < 1.29 is 9.47 Å². The molecule has 66 valence electrons. The van der Waals surface area contributed by atoms with Crippen LogP contribution in [0, 0.1) is 0 Å². The minimum Gasteiger partial charge on any atom is -0.495 e. The highest BCUT2D eigenvalue weighted by Crippen LogP contribution is 2.21. The first-order chi connectivity index (χ1) is 5.81. The lowest BCUT2D eigenvalue weighted by Crippen LogP contribution is -1.95. The molecule has 0 spiro atoms. The number of methoxy groups -OCH3 is 2. The van der Waals surface area contributed by atoms with E-state index in [-0.39, 0.29) is 0 Å². The van der Waals surface area contributed by atoms with Crippen molar-refractivity contribution >= 4 is 15.9 Å². The highest BCUT2D eigenvalue weighted by molar-refractivity contribution is 9.08. The second kappa shape index (κ2) is 4.30. The van der Waals surface area contributed by atoms with Gasteiger partial charge in [0.2, 0.25) is 5.88 Å². The molecule has 0 radical (unpaired) electrons. The van der Waals surface area contributed by atoms with Gasteiger partial charge >= 0.3 is 0 Å². The van der Waals surface area contributed by atoms with Gasteiger partial charge in [0.1, 0.15) is 5.75 Å². The van der Waals surface area contributed by atoms with Crippen molar-refractivity contribution in [2.45, 2.75) is 5.33 Å². The van der Waals surface area contributed by atoms with E-state index >= 15 is 0 Å². The van der Waals surface area contributed by atoms with Gasteiger partial charge in [-0.15, -0.1) is 0 Å². The van der Waals surface area contributed by atoms with Gasteiger partial charge in [-0.05, 0) is 6.07 Å². The predicted octanol–water partition coefficient (Wildman–Crippen LogP) is 1.99. The van der Waals surface area contributed by atoms with Gasteiger partial charge in [-0.25, -0.2) is 4.98 Å². The van der Waals surface area contributed by atoms with Gasteiger partial charge in [-0.2, -0.15) is 0 Å². The van der Waals surface area contributed by atoms with E-state index in [1.807, 2.05) is 6.07 Å². The Bertz CT molecular complexity index is 265. The Morgan fingerprint density at radius 3 is 2.58 bits per heavy atom. The van der Waals surface area contributed by atoms with E-state index in [0.29, 0.717) is 11.2 Å². The van der Waals surface area contributed by atoms with Crippen LogP contribution in [0.3, 0.4) is 0 Å². The first kappa shape index (κ1) is 9.32. The Kier molecular flexibility index (Phi) is 3.34. The number of halogens is 1. The first-order valence-electron chi connectivity index (χ1n) is 3.45. The molecule has 0 N–H and O–H groups in total. The molecule has 1 heterocycles. The first-order valence-corrected chi connectivity index (χ1v) is 4.57. The van der Waals surface area contributed by atoms with E-state index < -0.39 is 0 Å². The summed E-state index contributed by atoms with van der Waals surface area (Å²) in [6, 6.07) is 3.60. The van der Waals surface area contributed by atoms with Gasteiger partial charge in [0, 0.05) is 11.4 Å². The third-order valence-electron chi connectivity index (χ3n) is 1.46. The summed E-state index contributed by atoms with van der Waals surface area (Å²) in [4.78, 5) is 4.19. The van der Waals surface area contributed by atoms with Crippen LogP contribution in [-0.2, 0) is 5.33 Å². The number of nitrogens with zero attached hydrogens (tertiary/aromatic N) is 1. The van der Waals surface area contributed by atoms with Crippen LogP contribution in [0.5, 0.6) is 11.6 Å². The molecule has 0 aliphatic rings. The molecule has 1 aromatic rings. The van der Waals surface area contributed by atoms with Gasteiger partial charge in [0.25, 0.3) is 0 Å². The molecule has 0 aromatic carbocycles. The normalized spacial score (nSPS) is 9.58. The van der Waals surface area contributed by atoms with Gasteiger partial charge in [-0.3, -0.25) is 0 Å². The van der Waals surface area contributed by atoms with Gasteiger partial charge < -0.3 is 9.47 Å². The van der Waals surface area contributed by atoms with Crippen molar-refractivity contribution in [1.82, 2.24) is 4.98 Å². The Hall–Kier alpha value is -0.770. The maximum Gasteiger partial charge on any atom is 0.213 e. The summed E-state index contributed by atoms with van der Waals surface area (Å²) in [6.07, 6.45) is 0. The lowest BCUT2D eigenvalue weighted by atomic mass is 10.3. The predicted molar refractivity (Wildman–Crippen MR) is 50.0 cm³/mol. The number of pyridine rings is 1. The van der Waals surface area contributed by atoms with Crippen LogP contribution in [0.2, 0.25) is 0 Å². The summed E-state index contributed by atoms with van der Waals surface area (Å²) in [6.45, 7) is 0. The number of hydrogen-bond acceptors (Lipinski definition) is 3. The molecular weight excluding hydrogens is 222 g/mol. The van der Waals surface area contributed by atoms with Crippen molar-refractivity contribution in [2.75, 3.05) is 14.2 Å². The fraction of sp³-hybridized carbons (Fsp3) is 0.375. The van der Waals surface area contributed by atoms with E-state index in [9.17, 15) is 0 Å². The maximum absolute atomic E-state index is 5.09.